The van der Waals surface area contributed by atoms with Crippen LogP contribution in [0.2, 0.25) is 0 Å². The molecule has 0 amide bonds. The normalized spacial score (nSPS) is 11.7. The molecule has 0 aliphatic heterocycles. The zero-order valence-corrected chi connectivity index (χ0v) is 15.3. The van der Waals surface area contributed by atoms with E-state index in [4.69, 9.17) is 0 Å². The molecule has 2 nitrogen and oxygen atoms in total. The van der Waals surface area contributed by atoms with Crippen LogP contribution < -0.4 is 0 Å². The van der Waals surface area contributed by atoms with Crippen LogP contribution in [0.25, 0.3) is 0 Å². The van der Waals surface area contributed by atoms with Gasteiger partial charge in [0, 0.05) is 11.2 Å². The molecule has 0 unspecified atom stereocenters. The van der Waals surface area contributed by atoms with Crippen molar-refractivity contribution in [3.63, 3.8) is 0 Å². The van der Waals surface area contributed by atoms with Crippen LogP contribution in [0.3, 0.4) is 0 Å². The van der Waals surface area contributed by atoms with Crippen molar-refractivity contribution in [1.82, 2.24) is 0 Å². The van der Waals surface area contributed by atoms with Crippen LogP contribution in [-0.2, 0) is 9.84 Å². The van der Waals surface area contributed by atoms with Crippen molar-refractivity contribution < 1.29 is 8.42 Å². The quantitative estimate of drug-likeness (QED) is 0.353. The van der Waals surface area contributed by atoms with Gasteiger partial charge in [0.2, 0.25) is 0 Å². The lowest BCUT2D eigenvalue weighted by atomic mass is 10.1. The molecule has 21 heavy (non-hydrogen) atoms. The molecule has 0 aliphatic rings. The van der Waals surface area contributed by atoms with E-state index in [1.165, 1.54) is 51.2 Å². The van der Waals surface area contributed by atoms with Crippen molar-refractivity contribution in [1.29, 1.82) is 0 Å². The maximum atomic E-state index is 11.4. The fourth-order valence-corrected chi connectivity index (χ4v) is 3.84. The van der Waals surface area contributed by atoms with Gasteiger partial charge in [-0.05, 0) is 48.6 Å². The monoisotopic (exact) mass is 346 g/mol. The molecule has 0 aliphatic carbocycles. The number of thiol groups is 1. The lowest BCUT2D eigenvalue weighted by Crippen LogP contribution is -1.96. The van der Waals surface area contributed by atoms with Gasteiger partial charge in [-0.1, -0.05) is 32.1 Å². The van der Waals surface area contributed by atoms with Crippen LogP contribution in [0.1, 0.15) is 44.9 Å². The molecule has 0 saturated carbocycles. The second kappa shape index (κ2) is 10.6. The van der Waals surface area contributed by atoms with Gasteiger partial charge >= 0.3 is 0 Å². The molecule has 0 aromatic heterocycles. The van der Waals surface area contributed by atoms with E-state index >= 15 is 0 Å². The number of sulfone groups is 1. The molecule has 0 spiro atoms. The Morgan fingerprint density at radius 2 is 1.43 bits per heavy atom. The minimum Gasteiger partial charge on any atom is -0.224 e. The molecule has 1 rings (SSSR count). The van der Waals surface area contributed by atoms with E-state index in [9.17, 15) is 8.42 Å². The molecule has 1 aromatic carbocycles. The summed E-state index contributed by atoms with van der Waals surface area (Å²) in [6, 6.07) is 7.19. The topological polar surface area (TPSA) is 34.1 Å². The van der Waals surface area contributed by atoms with Gasteiger partial charge in [0.05, 0.1) is 4.90 Å². The van der Waals surface area contributed by atoms with Crippen molar-refractivity contribution in [3.8, 4) is 0 Å². The summed E-state index contributed by atoms with van der Waals surface area (Å²) in [5, 5.41) is 0. The van der Waals surface area contributed by atoms with Gasteiger partial charge in [0.25, 0.3) is 0 Å². The highest BCUT2D eigenvalue weighted by atomic mass is 32.2. The molecule has 0 saturated heterocycles. The Kier molecular flexibility index (Phi) is 9.52. The van der Waals surface area contributed by atoms with Crippen LogP contribution in [-0.4, -0.2) is 26.2 Å². The van der Waals surface area contributed by atoms with E-state index in [-0.39, 0.29) is 0 Å². The molecule has 0 bridgehead atoms. The summed E-state index contributed by atoms with van der Waals surface area (Å²) >= 11 is 6.02. The van der Waals surface area contributed by atoms with Gasteiger partial charge in [0.1, 0.15) is 0 Å². The third-order valence-corrected chi connectivity index (χ3v) is 5.87. The summed E-state index contributed by atoms with van der Waals surface area (Å²) < 4.78 is 22.7. The first-order valence-corrected chi connectivity index (χ1v) is 11.1. The summed E-state index contributed by atoms with van der Waals surface area (Å²) in [4.78, 5) is 1.55. The Bertz CT molecular complexity index is 481. The highest BCUT2D eigenvalue weighted by Gasteiger charge is 2.05. The number of unbranched alkanes of at least 4 members (excludes halogenated alkanes) is 6. The largest absolute Gasteiger partial charge is 0.224 e. The Balaban J connectivity index is 2.10. The highest BCUT2D eigenvalue weighted by molar-refractivity contribution is 7.99. The van der Waals surface area contributed by atoms with Crippen molar-refractivity contribution in [2.24, 2.45) is 0 Å². The first-order valence-electron chi connectivity index (χ1n) is 7.58. The molecule has 0 radical (unpaired) electrons. The lowest BCUT2D eigenvalue weighted by Gasteiger charge is -2.04. The predicted octanol–water partition coefficient (Wildman–Crippen LogP) is 4.84. The van der Waals surface area contributed by atoms with Crippen LogP contribution in [0, 0.1) is 0 Å². The summed E-state index contributed by atoms with van der Waals surface area (Å²) in [7, 11) is -3.08. The Hall–Kier alpha value is -0.130. The summed E-state index contributed by atoms with van der Waals surface area (Å²) in [6.07, 6.45) is 10.3. The van der Waals surface area contributed by atoms with E-state index in [0.717, 1.165) is 16.4 Å². The summed E-state index contributed by atoms with van der Waals surface area (Å²) in [5.41, 5.74) is 0. The fourth-order valence-electron chi connectivity index (χ4n) is 2.07. The molecule has 0 N–H and O–H groups in total. The number of benzene rings is 1. The minimum atomic E-state index is -3.08. The molecular weight excluding hydrogens is 320 g/mol. The maximum Gasteiger partial charge on any atom is 0.175 e. The fraction of sp³-hybridized carbons (Fsp3) is 0.625. The Morgan fingerprint density at radius 3 is 1.95 bits per heavy atom. The second-order valence-electron chi connectivity index (χ2n) is 5.29. The number of hydrogen-bond donors (Lipinski definition) is 1. The van der Waals surface area contributed by atoms with Crippen molar-refractivity contribution in [2.75, 3.05) is 17.8 Å². The molecule has 120 valence electrons. The van der Waals surface area contributed by atoms with Crippen molar-refractivity contribution in [2.45, 2.75) is 54.7 Å². The zero-order valence-electron chi connectivity index (χ0n) is 12.8. The zero-order chi connectivity index (χ0) is 15.6. The highest BCUT2D eigenvalue weighted by Crippen LogP contribution is 2.22. The molecule has 5 heteroatoms. The summed E-state index contributed by atoms with van der Waals surface area (Å²) in [5.74, 6) is 2.11. The van der Waals surface area contributed by atoms with E-state index in [0.29, 0.717) is 4.90 Å². The second-order valence-corrected chi connectivity index (χ2v) is 8.92. The van der Waals surface area contributed by atoms with Crippen molar-refractivity contribution in [3.05, 3.63) is 24.3 Å². The SMILES string of the molecule is CS(=O)(=O)c1ccc(SCCCCCCCCCS)cc1. The minimum absolute atomic E-state index is 0.396. The Morgan fingerprint density at radius 1 is 0.905 bits per heavy atom. The van der Waals surface area contributed by atoms with E-state index in [2.05, 4.69) is 12.6 Å². The molecular formula is C16H26O2S3. The van der Waals surface area contributed by atoms with Gasteiger partial charge in [-0.15, -0.1) is 11.8 Å². The number of hydrogen-bond acceptors (Lipinski definition) is 4. The standard InChI is InChI=1S/C16H26O2S3/c1-21(17,18)16-11-9-15(10-12-16)20-14-8-6-4-2-3-5-7-13-19/h9-12,19H,2-8,13-14H2,1H3. The van der Waals surface area contributed by atoms with Gasteiger partial charge in [-0.2, -0.15) is 12.6 Å². The maximum absolute atomic E-state index is 11.4. The van der Waals surface area contributed by atoms with E-state index in [1.54, 1.807) is 23.9 Å². The third-order valence-electron chi connectivity index (χ3n) is 3.32. The molecule has 0 atom stereocenters. The van der Waals surface area contributed by atoms with Gasteiger partial charge in [-0.3, -0.25) is 0 Å². The average molecular weight is 347 g/mol. The van der Waals surface area contributed by atoms with E-state index < -0.39 is 9.84 Å². The van der Waals surface area contributed by atoms with Crippen LogP contribution in [0.4, 0.5) is 0 Å². The number of rotatable bonds is 11. The van der Waals surface area contributed by atoms with Gasteiger partial charge in [0.15, 0.2) is 9.84 Å². The van der Waals surface area contributed by atoms with Crippen LogP contribution in [0.15, 0.2) is 34.1 Å². The first-order chi connectivity index (χ1) is 10.0. The number of thioether (sulfide) groups is 1. The van der Waals surface area contributed by atoms with Gasteiger partial charge < -0.3 is 0 Å². The van der Waals surface area contributed by atoms with Crippen LogP contribution >= 0.6 is 24.4 Å². The van der Waals surface area contributed by atoms with Crippen LogP contribution in [0.5, 0.6) is 0 Å². The third kappa shape index (κ3) is 8.79. The van der Waals surface area contributed by atoms with Crippen molar-refractivity contribution >= 4 is 34.2 Å². The molecule has 1 aromatic rings. The Labute approximate surface area is 139 Å². The predicted molar refractivity (Wildman–Crippen MR) is 96.4 cm³/mol. The summed E-state index contributed by atoms with van der Waals surface area (Å²) in [6.45, 7) is 0. The molecule has 0 heterocycles. The lowest BCUT2D eigenvalue weighted by molar-refractivity contribution is 0.602. The average Bonchev–Trinajstić information content (AvgIpc) is 2.45. The van der Waals surface area contributed by atoms with E-state index in [1.807, 2.05) is 12.1 Å². The van der Waals surface area contributed by atoms with Gasteiger partial charge in [-0.25, -0.2) is 8.42 Å². The smallest absolute Gasteiger partial charge is 0.175 e. The molecule has 0 fully saturated rings. The first kappa shape index (κ1) is 18.9.